The maximum atomic E-state index is 3.62. The molecule has 90 valence electrons. The van der Waals surface area contributed by atoms with Gasteiger partial charge in [0.25, 0.3) is 0 Å². The molecule has 0 aromatic heterocycles. The van der Waals surface area contributed by atoms with Crippen molar-refractivity contribution < 1.29 is 0 Å². The van der Waals surface area contributed by atoms with Gasteiger partial charge in [0.05, 0.1) is 0 Å². The van der Waals surface area contributed by atoms with Crippen molar-refractivity contribution in [3.05, 3.63) is 0 Å². The fraction of sp³-hybridized carbons (Fsp3) is 1.00. The largest absolute Gasteiger partial charge is 0.314 e. The van der Waals surface area contributed by atoms with Crippen molar-refractivity contribution in [2.24, 2.45) is 0 Å². The minimum atomic E-state index is 0.818. The number of nitrogens with one attached hydrogen (secondary N) is 1. The quantitative estimate of drug-likeness (QED) is 0.698. The summed E-state index contributed by atoms with van der Waals surface area (Å²) in [6.45, 7) is 6.06. The zero-order valence-corrected chi connectivity index (χ0v) is 10.6. The highest BCUT2D eigenvalue weighted by molar-refractivity contribution is 4.72. The minimum absolute atomic E-state index is 0.818. The van der Waals surface area contributed by atoms with E-state index >= 15 is 0 Å². The molecule has 1 N–H and O–H groups in total. The molecule has 0 spiro atoms. The van der Waals surface area contributed by atoms with Crippen molar-refractivity contribution in [1.82, 2.24) is 10.2 Å². The Kier molecular flexibility index (Phi) is 7.03. The lowest BCUT2D eigenvalue weighted by Crippen LogP contribution is -2.34. The number of rotatable bonds is 7. The van der Waals surface area contributed by atoms with Crippen molar-refractivity contribution in [1.29, 1.82) is 0 Å². The van der Waals surface area contributed by atoms with E-state index in [4.69, 9.17) is 0 Å². The Morgan fingerprint density at radius 3 is 2.67 bits per heavy atom. The normalized spacial score (nSPS) is 22.2. The molecule has 0 aromatic carbocycles. The Morgan fingerprint density at radius 2 is 2.00 bits per heavy atom. The van der Waals surface area contributed by atoms with Crippen molar-refractivity contribution >= 4 is 0 Å². The lowest BCUT2D eigenvalue weighted by atomic mass is 10.0. The van der Waals surface area contributed by atoms with Crippen LogP contribution in [-0.2, 0) is 0 Å². The first-order chi connectivity index (χ1) is 7.33. The minimum Gasteiger partial charge on any atom is -0.314 e. The summed E-state index contributed by atoms with van der Waals surface area (Å²) in [4.78, 5) is 2.48. The van der Waals surface area contributed by atoms with Crippen LogP contribution in [-0.4, -0.2) is 37.6 Å². The number of nitrogens with zero attached hydrogens (tertiary/aromatic N) is 1. The van der Waals surface area contributed by atoms with E-state index < -0.39 is 0 Å². The average Bonchev–Trinajstić information content (AvgIpc) is 2.28. The van der Waals surface area contributed by atoms with Crippen molar-refractivity contribution in [2.75, 3.05) is 26.7 Å². The molecule has 0 aliphatic carbocycles. The second-order valence-electron chi connectivity index (χ2n) is 4.95. The molecule has 0 amide bonds. The maximum Gasteiger partial charge on any atom is 0.00675 e. The van der Waals surface area contributed by atoms with Gasteiger partial charge in [-0.15, -0.1) is 0 Å². The second kappa shape index (κ2) is 8.12. The van der Waals surface area contributed by atoms with Crippen LogP contribution in [0, 0.1) is 0 Å². The van der Waals surface area contributed by atoms with Crippen molar-refractivity contribution in [3.63, 3.8) is 0 Å². The molecular formula is C13H28N2. The molecule has 0 radical (unpaired) electrons. The summed E-state index contributed by atoms with van der Waals surface area (Å²) in [6, 6.07) is 0.818. The molecule has 0 bridgehead atoms. The van der Waals surface area contributed by atoms with Gasteiger partial charge in [-0.1, -0.05) is 19.8 Å². The van der Waals surface area contributed by atoms with Crippen LogP contribution in [0.1, 0.15) is 51.9 Å². The first-order valence-electron chi connectivity index (χ1n) is 6.75. The molecule has 0 aromatic rings. The summed E-state index contributed by atoms with van der Waals surface area (Å²) in [5.41, 5.74) is 0. The van der Waals surface area contributed by atoms with Crippen molar-refractivity contribution in [3.8, 4) is 0 Å². The summed E-state index contributed by atoms with van der Waals surface area (Å²) in [7, 11) is 2.25. The predicted molar refractivity (Wildman–Crippen MR) is 67.3 cm³/mol. The van der Waals surface area contributed by atoms with Gasteiger partial charge in [0.15, 0.2) is 0 Å². The summed E-state index contributed by atoms with van der Waals surface area (Å²) >= 11 is 0. The molecular weight excluding hydrogens is 184 g/mol. The first-order valence-corrected chi connectivity index (χ1v) is 6.75. The Labute approximate surface area is 95.4 Å². The zero-order valence-electron chi connectivity index (χ0n) is 10.6. The molecule has 1 saturated heterocycles. The van der Waals surface area contributed by atoms with Gasteiger partial charge < -0.3 is 10.2 Å². The Balaban J connectivity index is 1.94. The first kappa shape index (κ1) is 13.0. The number of unbranched alkanes of at least 4 members (excludes halogenated alkanes) is 1. The third kappa shape index (κ3) is 6.16. The third-order valence-corrected chi connectivity index (χ3v) is 3.40. The summed E-state index contributed by atoms with van der Waals surface area (Å²) in [5, 5.41) is 3.62. The third-order valence-electron chi connectivity index (χ3n) is 3.40. The van der Waals surface area contributed by atoms with Gasteiger partial charge in [0.1, 0.15) is 0 Å². The van der Waals surface area contributed by atoms with Gasteiger partial charge in [-0.3, -0.25) is 0 Å². The maximum absolute atomic E-state index is 3.62. The van der Waals surface area contributed by atoms with E-state index in [0.29, 0.717) is 0 Å². The van der Waals surface area contributed by atoms with Crippen LogP contribution in [0.5, 0.6) is 0 Å². The summed E-state index contributed by atoms with van der Waals surface area (Å²) in [5.74, 6) is 0. The van der Waals surface area contributed by atoms with E-state index in [9.17, 15) is 0 Å². The van der Waals surface area contributed by atoms with Crippen molar-refractivity contribution in [2.45, 2.75) is 57.9 Å². The molecule has 1 unspecified atom stereocenters. The Hall–Kier alpha value is -0.0800. The van der Waals surface area contributed by atoms with Gasteiger partial charge >= 0.3 is 0 Å². The monoisotopic (exact) mass is 212 g/mol. The molecule has 1 fully saturated rings. The molecule has 2 heteroatoms. The van der Waals surface area contributed by atoms with Crippen LogP contribution in [0.4, 0.5) is 0 Å². The summed E-state index contributed by atoms with van der Waals surface area (Å²) < 4.78 is 0. The van der Waals surface area contributed by atoms with Gasteiger partial charge in [-0.05, 0) is 58.8 Å². The molecule has 15 heavy (non-hydrogen) atoms. The molecule has 1 atom stereocenters. The van der Waals surface area contributed by atoms with E-state index in [2.05, 4.69) is 24.2 Å². The van der Waals surface area contributed by atoms with E-state index in [1.165, 1.54) is 64.6 Å². The Bertz CT molecular complexity index is 141. The fourth-order valence-electron chi connectivity index (χ4n) is 2.32. The lowest BCUT2D eigenvalue weighted by Gasteiger charge is -2.24. The Morgan fingerprint density at radius 1 is 1.20 bits per heavy atom. The highest BCUT2D eigenvalue weighted by atomic mass is 15.1. The SMILES string of the molecule is CCCCN(C)CCCC1CCCCN1. The molecule has 0 saturated carbocycles. The smallest absolute Gasteiger partial charge is 0.00675 e. The number of hydrogen-bond donors (Lipinski definition) is 1. The van der Waals surface area contributed by atoms with Crippen LogP contribution >= 0.6 is 0 Å². The second-order valence-corrected chi connectivity index (χ2v) is 4.95. The van der Waals surface area contributed by atoms with Gasteiger partial charge in [-0.2, -0.15) is 0 Å². The lowest BCUT2D eigenvalue weighted by molar-refractivity contribution is 0.299. The van der Waals surface area contributed by atoms with Crippen LogP contribution in [0.2, 0.25) is 0 Å². The van der Waals surface area contributed by atoms with Crippen LogP contribution < -0.4 is 5.32 Å². The molecule has 1 heterocycles. The predicted octanol–water partition coefficient (Wildman–Crippen LogP) is 2.64. The van der Waals surface area contributed by atoms with E-state index in [1.54, 1.807) is 0 Å². The van der Waals surface area contributed by atoms with Gasteiger partial charge in [0, 0.05) is 6.04 Å². The number of hydrogen-bond acceptors (Lipinski definition) is 2. The molecule has 1 aliphatic heterocycles. The number of piperidine rings is 1. The fourth-order valence-corrected chi connectivity index (χ4v) is 2.32. The van der Waals surface area contributed by atoms with E-state index in [1.807, 2.05) is 0 Å². The van der Waals surface area contributed by atoms with Gasteiger partial charge in [0.2, 0.25) is 0 Å². The van der Waals surface area contributed by atoms with E-state index in [-0.39, 0.29) is 0 Å². The van der Waals surface area contributed by atoms with Gasteiger partial charge in [-0.25, -0.2) is 0 Å². The zero-order chi connectivity index (χ0) is 10.9. The topological polar surface area (TPSA) is 15.3 Å². The highest BCUT2D eigenvalue weighted by Crippen LogP contribution is 2.11. The molecule has 2 nitrogen and oxygen atoms in total. The molecule has 1 aliphatic rings. The van der Waals surface area contributed by atoms with Crippen LogP contribution in [0.15, 0.2) is 0 Å². The molecule has 1 rings (SSSR count). The standard InChI is InChI=1S/C13H28N2/c1-3-4-11-15(2)12-7-9-13-8-5-6-10-14-13/h13-14H,3-12H2,1-2H3. The summed E-state index contributed by atoms with van der Waals surface area (Å²) in [6.07, 6.45) is 9.61. The van der Waals surface area contributed by atoms with Crippen LogP contribution in [0.25, 0.3) is 0 Å². The highest BCUT2D eigenvalue weighted by Gasteiger charge is 2.11. The average molecular weight is 212 g/mol. The van der Waals surface area contributed by atoms with Crippen LogP contribution in [0.3, 0.4) is 0 Å². The van der Waals surface area contributed by atoms with E-state index in [0.717, 1.165) is 6.04 Å².